The Labute approximate surface area is 101 Å². The molecule has 0 unspecified atom stereocenters. The molecule has 0 radical (unpaired) electrons. The van der Waals surface area contributed by atoms with Crippen LogP contribution in [0.3, 0.4) is 0 Å². The highest BCUT2D eigenvalue weighted by atomic mass is 32.1. The second-order valence-electron chi connectivity index (χ2n) is 4.06. The number of aromatic nitrogens is 2. The molecule has 1 aromatic heterocycles. The molecule has 1 aromatic carbocycles. The van der Waals surface area contributed by atoms with E-state index in [0.29, 0.717) is 5.92 Å². The van der Waals surface area contributed by atoms with Gasteiger partial charge in [0.1, 0.15) is 0 Å². The number of hydrogen-bond donors (Lipinski definition) is 1. The fraction of sp³-hybridized carbons (Fsp3) is 0.308. The summed E-state index contributed by atoms with van der Waals surface area (Å²) in [5.74, 6) is 0.568. The van der Waals surface area contributed by atoms with Crippen LogP contribution in [0.1, 0.15) is 24.8 Å². The summed E-state index contributed by atoms with van der Waals surface area (Å²) in [4.78, 5) is 3.01. The van der Waals surface area contributed by atoms with Crippen molar-refractivity contribution in [3.05, 3.63) is 53.1 Å². The molecule has 16 heavy (non-hydrogen) atoms. The highest BCUT2D eigenvalue weighted by Gasteiger charge is 2.04. The van der Waals surface area contributed by atoms with Crippen LogP contribution in [-0.4, -0.2) is 9.55 Å². The van der Waals surface area contributed by atoms with Crippen molar-refractivity contribution in [3.8, 4) is 0 Å². The number of nitrogens with one attached hydrogen (secondary N) is 1. The molecular formula is C13H16N2S. The fourth-order valence-corrected chi connectivity index (χ4v) is 2.03. The lowest BCUT2D eigenvalue weighted by Crippen LogP contribution is -2.02. The zero-order chi connectivity index (χ0) is 11.4. The molecule has 0 aliphatic heterocycles. The van der Waals surface area contributed by atoms with Gasteiger partial charge < -0.3 is 9.55 Å². The molecule has 3 heteroatoms. The van der Waals surface area contributed by atoms with Gasteiger partial charge in [-0.05, 0) is 30.1 Å². The number of aromatic amines is 1. The van der Waals surface area contributed by atoms with E-state index >= 15 is 0 Å². The summed E-state index contributed by atoms with van der Waals surface area (Å²) in [7, 11) is 0. The summed E-state index contributed by atoms with van der Waals surface area (Å²) < 4.78 is 2.88. The van der Waals surface area contributed by atoms with E-state index in [1.807, 2.05) is 12.4 Å². The molecule has 0 saturated heterocycles. The van der Waals surface area contributed by atoms with Crippen LogP contribution in [0, 0.1) is 4.77 Å². The molecule has 0 saturated carbocycles. The van der Waals surface area contributed by atoms with E-state index in [4.69, 9.17) is 12.2 Å². The van der Waals surface area contributed by atoms with E-state index in [9.17, 15) is 0 Å². The monoisotopic (exact) mass is 232 g/mol. The minimum absolute atomic E-state index is 0.568. The third-order valence-electron chi connectivity index (χ3n) is 2.89. The quantitative estimate of drug-likeness (QED) is 0.796. The molecule has 1 N–H and O–H groups in total. The predicted molar refractivity (Wildman–Crippen MR) is 69.1 cm³/mol. The van der Waals surface area contributed by atoms with E-state index in [1.165, 1.54) is 5.56 Å². The summed E-state index contributed by atoms with van der Waals surface area (Å²) in [5.41, 5.74) is 1.39. The molecule has 0 aliphatic carbocycles. The smallest absolute Gasteiger partial charge is 0.177 e. The second kappa shape index (κ2) is 5.12. The van der Waals surface area contributed by atoms with E-state index in [2.05, 4.69) is 46.8 Å². The largest absolute Gasteiger partial charge is 0.337 e. The van der Waals surface area contributed by atoms with Crippen molar-refractivity contribution in [2.45, 2.75) is 25.8 Å². The van der Waals surface area contributed by atoms with Crippen molar-refractivity contribution in [1.29, 1.82) is 0 Å². The summed E-state index contributed by atoms with van der Waals surface area (Å²) in [5, 5.41) is 0. The van der Waals surface area contributed by atoms with Gasteiger partial charge in [0.15, 0.2) is 4.77 Å². The van der Waals surface area contributed by atoms with Crippen LogP contribution in [0.5, 0.6) is 0 Å². The molecule has 2 rings (SSSR count). The van der Waals surface area contributed by atoms with Crippen molar-refractivity contribution in [1.82, 2.24) is 9.55 Å². The van der Waals surface area contributed by atoms with Crippen molar-refractivity contribution in [2.75, 3.05) is 0 Å². The normalized spacial score (nSPS) is 12.6. The zero-order valence-electron chi connectivity index (χ0n) is 9.39. The van der Waals surface area contributed by atoms with Crippen molar-refractivity contribution >= 4 is 12.2 Å². The maximum atomic E-state index is 5.16. The van der Waals surface area contributed by atoms with Gasteiger partial charge in [0.05, 0.1) is 0 Å². The van der Waals surface area contributed by atoms with E-state index < -0.39 is 0 Å². The topological polar surface area (TPSA) is 20.7 Å². The Morgan fingerprint density at radius 1 is 1.31 bits per heavy atom. The number of hydrogen-bond acceptors (Lipinski definition) is 1. The molecule has 0 amide bonds. The Morgan fingerprint density at radius 2 is 2.06 bits per heavy atom. The summed E-state index contributed by atoms with van der Waals surface area (Å²) >= 11 is 5.16. The maximum absolute atomic E-state index is 5.16. The van der Waals surface area contributed by atoms with Crippen LogP contribution in [0.2, 0.25) is 0 Å². The minimum Gasteiger partial charge on any atom is -0.337 e. The average molecular weight is 232 g/mol. The Balaban J connectivity index is 1.97. The van der Waals surface area contributed by atoms with Crippen LogP contribution in [0.25, 0.3) is 0 Å². The first-order valence-electron chi connectivity index (χ1n) is 5.56. The van der Waals surface area contributed by atoms with Gasteiger partial charge in [0.25, 0.3) is 0 Å². The summed E-state index contributed by atoms with van der Waals surface area (Å²) in [6, 6.07) is 10.6. The fourth-order valence-electron chi connectivity index (χ4n) is 1.81. The van der Waals surface area contributed by atoms with Crippen LogP contribution < -0.4 is 0 Å². The van der Waals surface area contributed by atoms with Gasteiger partial charge in [-0.25, -0.2) is 0 Å². The lowest BCUT2D eigenvalue weighted by Gasteiger charge is -2.11. The number of aryl methyl sites for hydroxylation is 1. The number of imidazole rings is 1. The lowest BCUT2D eigenvalue weighted by molar-refractivity contribution is 0.571. The maximum Gasteiger partial charge on any atom is 0.177 e. The molecule has 1 atom stereocenters. The van der Waals surface area contributed by atoms with Crippen molar-refractivity contribution < 1.29 is 0 Å². The summed E-state index contributed by atoms with van der Waals surface area (Å²) in [6.07, 6.45) is 4.99. The standard InChI is InChI=1S/C13H16N2S/c1-11(12-5-3-2-4-6-12)7-9-15-10-8-14-13(15)16/h2-6,8,10-11H,7,9H2,1H3,(H,14,16)/t11-/m0/s1. The number of H-pyrrole nitrogens is 1. The van der Waals surface area contributed by atoms with Crippen LogP contribution in [-0.2, 0) is 6.54 Å². The van der Waals surface area contributed by atoms with E-state index in [1.54, 1.807) is 0 Å². The second-order valence-corrected chi connectivity index (χ2v) is 4.45. The Kier molecular flexibility index (Phi) is 3.57. The molecule has 0 aliphatic rings. The van der Waals surface area contributed by atoms with Gasteiger partial charge in [0.2, 0.25) is 0 Å². The Morgan fingerprint density at radius 3 is 2.69 bits per heavy atom. The average Bonchev–Trinajstić information content (AvgIpc) is 2.73. The molecule has 2 aromatic rings. The number of rotatable bonds is 4. The first kappa shape index (κ1) is 11.1. The molecule has 2 nitrogen and oxygen atoms in total. The highest BCUT2D eigenvalue weighted by Crippen LogP contribution is 2.19. The molecular weight excluding hydrogens is 216 g/mol. The van der Waals surface area contributed by atoms with Crippen molar-refractivity contribution in [2.24, 2.45) is 0 Å². The lowest BCUT2D eigenvalue weighted by atomic mass is 9.98. The van der Waals surface area contributed by atoms with Crippen LogP contribution in [0.4, 0.5) is 0 Å². The third kappa shape index (κ3) is 2.61. The van der Waals surface area contributed by atoms with E-state index in [-0.39, 0.29) is 0 Å². The SMILES string of the molecule is C[C@@H](CCn1cc[nH]c1=S)c1ccccc1. The Bertz CT molecular complexity index is 484. The first-order chi connectivity index (χ1) is 7.77. The van der Waals surface area contributed by atoms with Gasteiger partial charge >= 0.3 is 0 Å². The number of benzene rings is 1. The van der Waals surface area contributed by atoms with Gasteiger partial charge in [0, 0.05) is 18.9 Å². The van der Waals surface area contributed by atoms with Crippen LogP contribution >= 0.6 is 12.2 Å². The first-order valence-corrected chi connectivity index (χ1v) is 5.97. The van der Waals surface area contributed by atoms with Gasteiger partial charge in [-0.3, -0.25) is 0 Å². The summed E-state index contributed by atoms with van der Waals surface area (Å²) in [6.45, 7) is 3.23. The van der Waals surface area contributed by atoms with Gasteiger partial charge in [-0.1, -0.05) is 37.3 Å². The van der Waals surface area contributed by atoms with Crippen LogP contribution in [0.15, 0.2) is 42.7 Å². The zero-order valence-corrected chi connectivity index (χ0v) is 10.2. The van der Waals surface area contributed by atoms with Gasteiger partial charge in [-0.2, -0.15) is 0 Å². The number of nitrogens with zero attached hydrogens (tertiary/aromatic N) is 1. The molecule has 0 fully saturated rings. The molecule has 84 valence electrons. The molecule has 0 bridgehead atoms. The van der Waals surface area contributed by atoms with Gasteiger partial charge in [-0.15, -0.1) is 0 Å². The van der Waals surface area contributed by atoms with Crippen molar-refractivity contribution in [3.63, 3.8) is 0 Å². The molecule has 0 spiro atoms. The predicted octanol–water partition coefficient (Wildman–Crippen LogP) is 3.74. The Hall–Kier alpha value is -1.35. The minimum atomic E-state index is 0.568. The highest BCUT2D eigenvalue weighted by molar-refractivity contribution is 7.71. The molecule has 1 heterocycles. The van der Waals surface area contributed by atoms with E-state index in [0.717, 1.165) is 17.7 Å². The third-order valence-corrected chi connectivity index (χ3v) is 3.25.